The lowest BCUT2D eigenvalue weighted by atomic mass is 10.1. The lowest BCUT2D eigenvalue weighted by molar-refractivity contribution is 0.237. The van der Waals surface area contributed by atoms with Crippen LogP contribution in [0.25, 0.3) is 0 Å². The fraction of sp³-hybridized carbons (Fsp3) is 0.238. The van der Waals surface area contributed by atoms with Gasteiger partial charge in [0.25, 0.3) is 5.56 Å². The van der Waals surface area contributed by atoms with E-state index in [0.29, 0.717) is 19.5 Å². The third-order valence-corrected chi connectivity index (χ3v) is 4.19. The summed E-state index contributed by atoms with van der Waals surface area (Å²) in [7, 11) is 0. The van der Waals surface area contributed by atoms with Crippen LogP contribution in [0.15, 0.2) is 76.3 Å². The maximum Gasteiger partial charge on any atom is 0.315 e. The SMILES string of the molecule is CC(Cc1ccco1)NC(=O)NCc1ccc(Cn2ccccc2=O)cc1. The van der Waals surface area contributed by atoms with E-state index in [9.17, 15) is 9.59 Å². The second-order valence-corrected chi connectivity index (χ2v) is 6.49. The van der Waals surface area contributed by atoms with Crippen LogP contribution in [0.1, 0.15) is 23.8 Å². The second-order valence-electron chi connectivity index (χ2n) is 6.49. The van der Waals surface area contributed by atoms with Crippen molar-refractivity contribution in [1.29, 1.82) is 0 Å². The Kier molecular flexibility index (Phi) is 6.10. The van der Waals surface area contributed by atoms with E-state index in [2.05, 4.69) is 10.6 Å². The molecule has 1 unspecified atom stereocenters. The molecule has 0 spiro atoms. The van der Waals surface area contributed by atoms with Crippen LogP contribution in [0, 0.1) is 0 Å². The predicted octanol–water partition coefficient (Wildman–Crippen LogP) is 2.92. The minimum absolute atomic E-state index is 0.0245. The maximum atomic E-state index is 12.0. The van der Waals surface area contributed by atoms with Crippen molar-refractivity contribution in [1.82, 2.24) is 15.2 Å². The molecular formula is C21H23N3O3. The Balaban J connectivity index is 1.46. The van der Waals surface area contributed by atoms with Crippen molar-refractivity contribution in [3.8, 4) is 0 Å². The number of aromatic nitrogens is 1. The van der Waals surface area contributed by atoms with Crippen molar-refractivity contribution in [3.63, 3.8) is 0 Å². The van der Waals surface area contributed by atoms with E-state index in [1.54, 1.807) is 29.2 Å². The smallest absolute Gasteiger partial charge is 0.315 e. The number of hydrogen-bond acceptors (Lipinski definition) is 3. The van der Waals surface area contributed by atoms with Gasteiger partial charge >= 0.3 is 6.03 Å². The molecule has 0 aliphatic heterocycles. The summed E-state index contributed by atoms with van der Waals surface area (Å²) in [5.41, 5.74) is 2.00. The Morgan fingerprint density at radius 2 is 1.85 bits per heavy atom. The van der Waals surface area contributed by atoms with Gasteiger partial charge in [-0.05, 0) is 36.2 Å². The summed E-state index contributed by atoms with van der Waals surface area (Å²) >= 11 is 0. The second kappa shape index (κ2) is 8.89. The van der Waals surface area contributed by atoms with Gasteiger partial charge < -0.3 is 19.6 Å². The Bertz CT molecular complexity index is 914. The Hall–Kier alpha value is -3.28. The van der Waals surface area contributed by atoms with E-state index in [1.807, 2.05) is 49.4 Å². The number of benzene rings is 1. The van der Waals surface area contributed by atoms with Gasteiger partial charge in [-0.1, -0.05) is 30.3 Å². The number of rotatable bonds is 7. The van der Waals surface area contributed by atoms with Gasteiger partial charge in [0.1, 0.15) is 5.76 Å². The highest BCUT2D eigenvalue weighted by Gasteiger charge is 2.09. The summed E-state index contributed by atoms with van der Waals surface area (Å²) in [5.74, 6) is 0.843. The van der Waals surface area contributed by atoms with Crippen LogP contribution in [-0.2, 0) is 19.5 Å². The van der Waals surface area contributed by atoms with E-state index in [4.69, 9.17) is 4.42 Å². The molecule has 2 aromatic heterocycles. The molecule has 0 bridgehead atoms. The van der Waals surface area contributed by atoms with Crippen LogP contribution in [0.2, 0.25) is 0 Å². The monoisotopic (exact) mass is 365 g/mol. The number of urea groups is 1. The van der Waals surface area contributed by atoms with E-state index in [0.717, 1.165) is 16.9 Å². The van der Waals surface area contributed by atoms with Crippen LogP contribution in [0.3, 0.4) is 0 Å². The minimum Gasteiger partial charge on any atom is -0.469 e. The summed E-state index contributed by atoms with van der Waals surface area (Å²) in [6.45, 7) is 2.89. The lowest BCUT2D eigenvalue weighted by Gasteiger charge is -2.13. The molecule has 0 aliphatic carbocycles. The summed E-state index contributed by atoms with van der Waals surface area (Å²) in [6, 6.07) is 16.4. The molecule has 0 radical (unpaired) electrons. The van der Waals surface area contributed by atoms with Gasteiger partial charge in [-0.3, -0.25) is 4.79 Å². The molecule has 3 rings (SSSR count). The van der Waals surface area contributed by atoms with Gasteiger partial charge in [0, 0.05) is 31.3 Å². The summed E-state index contributed by atoms with van der Waals surface area (Å²) in [5, 5.41) is 5.74. The van der Waals surface area contributed by atoms with Crippen molar-refractivity contribution in [2.75, 3.05) is 0 Å². The highest BCUT2D eigenvalue weighted by atomic mass is 16.3. The Morgan fingerprint density at radius 3 is 2.56 bits per heavy atom. The van der Waals surface area contributed by atoms with Crippen molar-refractivity contribution in [3.05, 3.63) is 94.3 Å². The zero-order chi connectivity index (χ0) is 19.1. The highest BCUT2D eigenvalue weighted by Crippen LogP contribution is 2.06. The van der Waals surface area contributed by atoms with Crippen molar-refractivity contribution in [2.45, 2.75) is 32.5 Å². The largest absolute Gasteiger partial charge is 0.469 e. The van der Waals surface area contributed by atoms with Gasteiger partial charge in [0.2, 0.25) is 0 Å². The van der Waals surface area contributed by atoms with Gasteiger partial charge in [-0.25, -0.2) is 4.79 Å². The molecule has 2 amide bonds. The molecule has 140 valence electrons. The lowest BCUT2D eigenvalue weighted by Crippen LogP contribution is -2.41. The number of furan rings is 1. The fourth-order valence-electron chi connectivity index (χ4n) is 2.79. The van der Waals surface area contributed by atoms with Gasteiger partial charge in [-0.2, -0.15) is 0 Å². The number of carbonyl (C=O) groups is 1. The number of carbonyl (C=O) groups excluding carboxylic acids is 1. The highest BCUT2D eigenvalue weighted by molar-refractivity contribution is 5.74. The molecule has 27 heavy (non-hydrogen) atoms. The third-order valence-electron chi connectivity index (χ3n) is 4.19. The minimum atomic E-state index is -0.214. The fourth-order valence-corrected chi connectivity index (χ4v) is 2.79. The van der Waals surface area contributed by atoms with Gasteiger partial charge in [0.05, 0.1) is 12.8 Å². The normalized spacial score (nSPS) is 11.7. The van der Waals surface area contributed by atoms with Crippen LogP contribution in [0.4, 0.5) is 4.79 Å². The first-order valence-electron chi connectivity index (χ1n) is 8.90. The molecule has 1 atom stereocenters. The Labute approximate surface area is 157 Å². The molecule has 2 heterocycles. The number of hydrogen-bond donors (Lipinski definition) is 2. The molecule has 2 N–H and O–H groups in total. The van der Waals surface area contributed by atoms with Gasteiger partial charge in [-0.15, -0.1) is 0 Å². The van der Waals surface area contributed by atoms with E-state index >= 15 is 0 Å². The number of amides is 2. The molecule has 0 saturated carbocycles. The van der Waals surface area contributed by atoms with E-state index in [1.165, 1.54) is 0 Å². The average Bonchev–Trinajstić information content (AvgIpc) is 3.16. The predicted molar refractivity (Wildman–Crippen MR) is 103 cm³/mol. The van der Waals surface area contributed by atoms with Crippen LogP contribution in [-0.4, -0.2) is 16.6 Å². The van der Waals surface area contributed by atoms with Gasteiger partial charge in [0.15, 0.2) is 0 Å². The van der Waals surface area contributed by atoms with E-state index in [-0.39, 0.29) is 17.6 Å². The van der Waals surface area contributed by atoms with Crippen LogP contribution >= 0.6 is 0 Å². The zero-order valence-electron chi connectivity index (χ0n) is 15.2. The van der Waals surface area contributed by atoms with E-state index < -0.39 is 0 Å². The first kappa shape index (κ1) is 18.5. The summed E-state index contributed by atoms with van der Waals surface area (Å²) in [6.07, 6.45) is 4.04. The molecule has 0 fully saturated rings. The molecule has 6 nitrogen and oxygen atoms in total. The first-order chi connectivity index (χ1) is 13.1. The summed E-state index contributed by atoms with van der Waals surface area (Å²) in [4.78, 5) is 23.8. The van der Waals surface area contributed by atoms with Crippen molar-refractivity contribution >= 4 is 6.03 Å². The maximum absolute atomic E-state index is 12.0. The quantitative estimate of drug-likeness (QED) is 0.676. The molecule has 1 aromatic carbocycles. The molecule has 0 saturated heterocycles. The average molecular weight is 365 g/mol. The zero-order valence-corrected chi connectivity index (χ0v) is 15.2. The molecule has 0 aliphatic rings. The van der Waals surface area contributed by atoms with Crippen LogP contribution < -0.4 is 16.2 Å². The van der Waals surface area contributed by atoms with Crippen molar-refractivity contribution < 1.29 is 9.21 Å². The van der Waals surface area contributed by atoms with Crippen LogP contribution in [0.5, 0.6) is 0 Å². The standard InChI is InChI=1S/C21H23N3O3/c1-16(13-19-5-4-12-27-19)23-21(26)22-14-17-7-9-18(10-8-17)15-24-11-3-2-6-20(24)25/h2-12,16H,13-15H2,1H3,(H2,22,23,26). The summed E-state index contributed by atoms with van der Waals surface area (Å²) < 4.78 is 6.94. The third kappa shape index (κ3) is 5.60. The number of pyridine rings is 1. The van der Waals surface area contributed by atoms with Crippen molar-refractivity contribution in [2.24, 2.45) is 0 Å². The molecule has 3 aromatic rings. The number of nitrogens with zero attached hydrogens (tertiary/aromatic N) is 1. The topological polar surface area (TPSA) is 76.3 Å². The first-order valence-corrected chi connectivity index (χ1v) is 8.90. The number of nitrogens with one attached hydrogen (secondary N) is 2. The molecular weight excluding hydrogens is 342 g/mol. The molecule has 6 heteroatoms. The Morgan fingerprint density at radius 1 is 1.07 bits per heavy atom.